The van der Waals surface area contributed by atoms with Gasteiger partial charge in [-0.1, -0.05) is 30.3 Å². The second kappa shape index (κ2) is 5.70. The summed E-state index contributed by atoms with van der Waals surface area (Å²) in [5.41, 5.74) is 3.78. The van der Waals surface area contributed by atoms with Gasteiger partial charge in [-0.2, -0.15) is 0 Å². The van der Waals surface area contributed by atoms with Crippen molar-refractivity contribution < 1.29 is 14.6 Å². The molecule has 2 aliphatic rings. The number of para-hydroxylation sites is 1. The van der Waals surface area contributed by atoms with E-state index < -0.39 is 5.97 Å². The van der Waals surface area contributed by atoms with E-state index in [4.69, 9.17) is 9.84 Å². The summed E-state index contributed by atoms with van der Waals surface area (Å²) in [6, 6.07) is 15.6. The summed E-state index contributed by atoms with van der Waals surface area (Å²) in [7, 11) is 0. The Morgan fingerprint density at radius 1 is 1.13 bits per heavy atom. The van der Waals surface area contributed by atoms with Gasteiger partial charge in [0.05, 0.1) is 17.7 Å². The lowest BCUT2D eigenvalue weighted by molar-refractivity contribution is -0.0381. The number of benzene rings is 2. The van der Waals surface area contributed by atoms with Crippen LogP contribution in [0.5, 0.6) is 0 Å². The number of hydrogen-bond acceptors (Lipinski definition) is 3. The highest BCUT2D eigenvalue weighted by atomic mass is 16.5. The van der Waals surface area contributed by atoms with E-state index in [1.165, 1.54) is 5.56 Å². The quantitative estimate of drug-likeness (QED) is 0.879. The molecule has 2 aliphatic heterocycles. The zero-order valence-electron chi connectivity index (χ0n) is 12.7. The minimum atomic E-state index is -0.891. The van der Waals surface area contributed by atoms with Crippen molar-refractivity contribution in [1.29, 1.82) is 0 Å². The number of fused-ring (bicyclic) bond motifs is 3. The minimum Gasteiger partial charge on any atom is -0.478 e. The molecule has 1 unspecified atom stereocenters. The molecule has 4 rings (SSSR count). The maximum Gasteiger partial charge on any atom is 0.335 e. The molecule has 4 heteroatoms. The third-order valence-electron chi connectivity index (χ3n) is 4.89. The number of carboxylic acids is 1. The summed E-state index contributed by atoms with van der Waals surface area (Å²) < 4.78 is 6.09. The first-order valence-corrected chi connectivity index (χ1v) is 8.04. The van der Waals surface area contributed by atoms with Crippen LogP contribution in [-0.4, -0.2) is 17.7 Å². The van der Waals surface area contributed by atoms with Gasteiger partial charge in [0.15, 0.2) is 0 Å². The second-order valence-corrected chi connectivity index (χ2v) is 6.23. The molecule has 0 amide bonds. The first kappa shape index (κ1) is 14.3. The van der Waals surface area contributed by atoms with E-state index in [1.54, 1.807) is 12.1 Å². The van der Waals surface area contributed by atoms with Crippen LogP contribution in [0.25, 0.3) is 0 Å². The van der Waals surface area contributed by atoms with Gasteiger partial charge in [-0.15, -0.1) is 0 Å². The van der Waals surface area contributed by atoms with E-state index in [-0.39, 0.29) is 12.1 Å². The van der Waals surface area contributed by atoms with Crippen molar-refractivity contribution in [2.24, 2.45) is 5.92 Å². The summed E-state index contributed by atoms with van der Waals surface area (Å²) in [5, 5.41) is 12.7. The largest absolute Gasteiger partial charge is 0.478 e. The Labute approximate surface area is 135 Å². The highest BCUT2D eigenvalue weighted by Crippen LogP contribution is 2.48. The van der Waals surface area contributed by atoms with Gasteiger partial charge >= 0.3 is 5.97 Å². The van der Waals surface area contributed by atoms with Crippen molar-refractivity contribution in [3.8, 4) is 0 Å². The van der Waals surface area contributed by atoms with Gasteiger partial charge in [0.1, 0.15) is 0 Å². The van der Waals surface area contributed by atoms with Crippen LogP contribution in [0.4, 0.5) is 5.69 Å². The van der Waals surface area contributed by atoms with E-state index >= 15 is 0 Å². The first-order chi connectivity index (χ1) is 11.2. The maximum absolute atomic E-state index is 11.0. The van der Waals surface area contributed by atoms with Gasteiger partial charge in [-0.25, -0.2) is 4.79 Å². The third-order valence-corrected chi connectivity index (χ3v) is 4.89. The lowest BCUT2D eigenvalue weighted by Crippen LogP contribution is -2.35. The smallest absolute Gasteiger partial charge is 0.335 e. The van der Waals surface area contributed by atoms with Crippen LogP contribution >= 0.6 is 0 Å². The van der Waals surface area contributed by atoms with Gasteiger partial charge in [-0.3, -0.25) is 0 Å². The van der Waals surface area contributed by atoms with E-state index in [0.29, 0.717) is 11.5 Å². The Morgan fingerprint density at radius 2 is 1.91 bits per heavy atom. The van der Waals surface area contributed by atoms with Crippen LogP contribution in [0.2, 0.25) is 0 Å². The summed E-state index contributed by atoms with van der Waals surface area (Å²) in [6.45, 7) is 0.806. The molecule has 0 saturated carbocycles. The van der Waals surface area contributed by atoms with Crippen molar-refractivity contribution in [3.05, 3.63) is 65.2 Å². The van der Waals surface area contributed by atoms with Crippen LogP contribution < -0.4 is 5.32 Å². The number of ether oxygens (including phenoxy) is 1. The van der Waals surface area contributed by atoms with Gasteiger partial charge in [0, 0.05) is 23.8 Å². The minimum absolute atomic E-state index is 0.116. The molecule has 23 heavy (non-hydrogen) atoms. The van der Waals surface area contributed by atoms with Gasteiger partial charge in [0.25, 0.3) is 0 Å². The number of hydrogen-bond donors (Lipinski definition) is 2. The van der Waals surface area contributed by atoms with E-state index in [2.05, 4.69) is 23.5 Å². The number of carboxylic acid groups (broad SMARTS) is 1. The standard InChI is InChI=1S/C19H19NO3/c21-19(22)13-9-7-12(8-10-13)17-15-5-3-11-23-18(15)14-4-1-2-6-16(14)20-17/h1-2,4,6-10,15,17-18,20H,3,5,11H2,(H,21,22)/t15?,17-,18+/m0/s1. The molecule has 0 bridgehead atoms. The predicted molar refractivity (Wildman–Crippen MR) is 87.6 cm³/mol. The fraction of sp³-hybridized carbons (Fsp3) is 0.316. The molecule has 3 atom stereocenters. The number of nitrogens with one attached hydrogen (secondary N) is 1. The van der Waals surface area contributed by atoms with Crippen molar-refractivity contribution in [1.82, 2.24) is 0 Å². The van der Waals surface area contributed by atoms with E-state index in [0.717, 1.165) is 30.7 Å². The monoisotopic (exact) mass is 309 g/mol. The molecule has 4 nitrogen and oxygen atoms in total. The van der Waals surface area contributed by atoms with Crippen molar-refractivity contribution >= 4 is 11.7 Å². The molecule has 2 N–H and O–H groups in total. The SMILES string of the molecule is O=C(O)c1ccc([C@@H]2Nc3ccccc3[C@H]3OCCCC32)cc1. The molecule has 0 radical (unpaired) electrons. The van der Waals surface area contributed by atoms with Crippen LogP contribution in [0.1, 0.15) is 46.5 Å². The highest BCUT2D eigenvalue weighted by Gasteiger charge is 2.39. The highest BCUT2D eigenvalue weighted by molar-refractivity contribution is 5.87. The van der Waals surface area contributed by atoms with Crippen LogP contribution in [0.3, 0.4) is 0 Å². The Bertz CT molecular complexity index is 726. The van der Waals surface area contributed by atoms with Crippen LogP contribution in [-0.2, 0) is 4.74 Å². The summed E-state index contributed by atoms with van der Waals surface area (Å²) in [6.07, 6.45) is 2.29. The Hall–Kier alpha value is -2.33. The fourth-order valence-electron chi connectivity index (χ4n) is 3.78. The average Bonchev–Trinajstić information content (AvgIpc) is 2.61. The Morgan fingerprint density at radius 3 is 2.70 bits per heavy atom. The summed E-state index contributed by atoms with van der Waals surface area (Å²) in [5.74, 6) is -0.522. The molecule has 1 saturated heterocycles. The molecule has 2 heterocycles. The molecule has 1 fully saturated rings. The molecule has 0 aliphatic carbocycles. The van der Waals surface area contributed by atoms with Gasteiger partial charge in [-0.05, 0) is 36.6 Å². The molecule has 0 aromatic heterocycles. The maximum atomic E-state index is 11.0. The number of rotatable bonds is 2. The van der Waals surface area contributed by atoms with Crippen molar-refractivity contribution in [3.63, 3.8) is 0 Å². The molecule has 118 valence electrons. The molecule has 0 spiro atoms. The number of aromatic carboxylic acids is 1. The van der Waals surface area contributed by atoms with Crippen LogP contribution in [0, 0.1) is 5.92 Å². The zero-order chi connectivity index (χ0) is 15.8. The molecular weight excluding hydrogens is 290 g/mol. The summed E-state index contributed by atoms with van der Waals surface area (Å²) >= 11 is 0. The zero-order valence-corrected chi connectivity index (χ0v) is 12.7. The Kier molecular flexibility index (Phi) is 3.54. The Balaban J connectivity index is 1.72. The van der Waals surface area contributed by atoms with Crippen molar-refractivity contribution in [2.45, 2.75) is 25.0 Å². The fourth-order valence-corrected chi connectivity index (χ4v) is 3.78. The van der Waals surface area contributed by atoms with Crippen molar-refractivity contribution in [2.75, 3.05) is 11.9 Å². The lowest BCUT2D eigenvalue weighted by atomic mass is 9.77. The van der Waals surface area contributed by atoms with Gasteiger partial charge in [0.2, 0.25) is 0 Å². The van der Waals surface area contributed by atoms with E-state index in [1.807, 2.05) is 18.2 Å². The topological polar surface area (TPSA) is 58.6 Å². The lowest BCUT2D eigenvalue weighted by Gasteiger charge is -2.43. The molecule has 2 aromatic carbocycles. The third kappa shape index (κ3) is 2.49. The van der Waals surface area contributed by atoms with Crippen LogP contribution in [0.15, 0.2) is 48.5 Å². The predicted octanol–water partition coefficient (Wildman–Crippen LogP) is 4.02. The number of anilines is 1. The van der Waals surface area contributed by atoms with E-state index in [9.17, 15) is 4.79 Å². The average molecular weight is 309 g/mol. The number of carbonyl (C=O) groups is 1. The molecule has 2 aromatic rings. The normalized spacial score (nSPS) is 25.8. The second-order valence-electron chi connectivity index (χ2n) is 6.23. The first-order valence-electron chi connectivity index (χ1n) is 8.04. The molecular formula is C19H19NO3. The summed E-state index contributed by atoms with van der Waals surface area (Å²) in [4.78, 5) is 11.0. The van der Waals surface area contributed by atoms with Gasteiger partial charge < -0.3 is 15.2 Å².